The highest BCUT2D eigenvalue weighted by molar-refractivity contribution is 4.92. The Bertz CT molecular complexity index is 134. The fourth-order valence-electron chi connectivity index (χ4n) is 1.74. The molecular formula is C8H13N. The molecule has 0 saturated heterocycles. The molecule has 0 N–H and O–H groups in total. The Hall–Kier alpha value is -0.510. The molecule has 1 rings (SSSR count). The van der Waals surface area contributed by atoms with Crippen LogP contribution in [-0.4, -0.2) is 0 Å². The van der Waals surface area contributed by atoms with Crippen molar-refractivity contribution in [2.75, 3.05) is 0 Å². The molecule has 1 aliphatic rings. The van der Waals surface area contributed by atoms with E-state index in [2.05, 4.69) is 19.9 Å². The van der Waals surface area contributed by atoms with Crippen LogP contribution >= 0.6 is 0 Å². The normalized spacial score (nSPS) is 42.6. The molecule has 0 aromatic carbocycles. The highest BCUT2D eigenvalue weighted by Gasteiger charge is 2.27. The lowest BCUT2D eigenvalue weighted by Gasteiger charge is -2.02. The number of hydrogen-bond donors (Lipinski definition) is 0. The van der Waals surface area contributed by atoms with Gasteiger partial charge in [-0.05, 0) is 24.7 Å². The fourth-order valence-corrected chi connectivity index (χ4v) is 1.74. The summed E-state index contributed by atoms with van der Waals surface area (Å²) in [7, 11) is 0. The molecular weight excluding hydrogens is 110 g/mol. The largest absolute Gasteiger partial charge is 0.198 e. The van der Waals surface area contributed by atoms with Crippen molar-refractivity contribution in [3.8, 4) is 6.07 Å². The van der Waals surface area contributed by atoms with Crippen LogP contribution in [0.1, 0.15) is 26.7 Å². The molecule has 0 aromatic heterocycles. The van der Waals surface area contributed by atoms with Crippen LogP contribution in [0.15, 0.2) is 0 Å². The molecule has 0 aromatic rings. The molecule has 1 saturated carbocycles. The maximum atomic E-state index is 8.60. The Balaban J connectivity index is 2.50. The third kappa shape index (κ3) is 1.24. The summed E-state index contributed by atoms with van der Waals surface area (Å²) < 4.78 is 0. The zero-order valence-electron chi connectivity index (χ0n) is 6.09. The van der Waals surface area contributed by atoms with Crippen molar-refractivity contribution in [3.63, 3.8) is 0 Å². The van der Waals surface area contributed by atoms with E-state index in [0.717, 1.165) is 12.3 Å². The summed E-state index contributed by atoms with van der Waals surface area (Å²) >= 11 is 0. The third-order valence-corrected chi connectivity index (χ3v) is 2.28. The van der Waals surface area contributed by atoms with Crippen molar-refractivity contribution in [1.82, 2.24) is 0 Å². The zero-order chi connectivity index (χ0) is 6.85. The molecule has 0 spiro atoms. The molecule has 1 aliphatic carbocycles. The monoisotopic (exact) mass is 123 g/mol. The fraction of sp³-hybridized carbons (Fsp3) is 0.875. The van der Waals surface area contributed by atoms with Gasteiger partial charge in [-0.25, -0.2) is 0 Å². The lowest BCUT2D eigenvalue weighted by atomic mass is 10.0. The smallest absolute Gasteiger partial charge is 0.0658 e. The molecule has 1 nitrogen and oxygen atoms in total. The van der Waals surface area contributed by atoms with Gasteiger partial charge < -0.3 is 0 Å². The van der Waals surface area contributed by atoms with E-state index < -0.39 is 0 Å². The number of nitrogens with zero attached hydrogens (tertiary/aromatic N) is 1. The van der Waals surface area contributed by atoms with Gasteiger partial charge >= 0.3 is 0 Å². The number of rotatable bonds is 0. The highest BCUT2D eigenvalue weighted by atomic mass is 14.4. The highest BCUT2D eigenvalue weighted by Crippen LogP contribution is 2.34. The first-order valence-corrected chi connectivity index (χ1v) is 3.63. The van der Waals surface area contributed by atoms with Crippen LogP contribution < -0.4 is 0 Å². The molecule has 0 radical (unpaired) electrons. The average Bonchev–Trinajstić information content (AvgIpc) is 2.10. The second-order valence-corrected chi connectivity index (χ2v) is 3.29. The predicted octanol–water partition coefficient (Wildman–Crippen LogP) is 2.19. The van der Waals surface area contributed by atoms with Crippen LogP contribution in [0.25, 0.3) is 0 Å². The van der Waals surface area contributed by atoms with Crippen molar-refractivity contribution in [2.45, 2.75) is 26.7 Å². The molecule has 0 aliphatic heterocycles. The van der Waals surface area contributed by atoms with Gasteiger partial charge in [-0.15, -0.1) is 0 Å². The van der Waals surface area contributed by atoms with Gasteiger partial charge in [-0.2, -0.15) is 5.26 Å². The van der Waals surface area contributed by atoms with E-state index in [9.17, 15) is 0 Å². The van der Waals surface area contributed by atoms with Gasteiger partial charge in [0.2, 0.25) is 0 Å². The van der Waals surface area contributed by atoms with Gasteiger partial charge in [-0.1, -0.05) is 13.8 Å². The van der Waals surface area contributed by atoms with E-state index in [1.54, 1.807) is 0 Å². The van der Waals surface area contributed by atoms with Crippen LogP contribution in [-0.2, 0) is 0 Å². The van der Waals surface area contributed by atoms with Gasteiger partial charge in [0.15, 0.2) is 0 Å². The summed E-state index contributed by atoms with van der Waals surface area (Å²) in [6.45, 7) is 4.41. The molecule has 0 heterocycles. The lowest BCUT2D eigenvalue weighted by molar-refractivity contribution is 0.511. The Morgan fingerprint density at radius 3 is 2.22 bits per heavy atom. The first-order chi connectivity index (χ1) is 4.24. The molecule has 0 amide bonds. The van der Waals surface area contributed by atoms with Crippen molar-refractivity contribution in [1.29, 1.82) is 5.26 Å². The number of hydrogen-bond acceptors (Lipinski definition) is 1. The van der Waals surface area contributed by atoms with Crippen molar-refractivity contribution < 1.29 is 0 Å². The Morgan fingerprint density at radius 2 is 2.00 bits per heavy atom. The SMILES string of the molecule is CC1C[C@H](C)CC1C#N. The summed E-state index contributed by atoms with van der Waals surface area (Å²) in [5.41, 5.74) is 0. The van der Waals surface area contributed by atoms with Crippen molar-refractivity contribution in [2.24, 2.45) is 17.8 Å². The maximum absolute atomic E-state index is 8.60. The quantitative estimate of drug-likeness (QED) is 0.484. The van der Waals surface area contributed by atoms with E-state index in [0.29, 0.717) is 11.8 Å². The molecule has 3 atom stereocenters. The Labute approximate surface area is 56.7 Å². The molecule has 2 unspecified atom stereocenters. The van der Waals surface area contributed by atoms with Gasteiger partial charge in [-0.3, -0.25) is 0 Å². The summed E-state index contributed by atoms with van der Waals surface area (Å²) in [4.78, 5) is 0. The van der Waals surface area contributed by atoms with Crippen molar-refractivity contribution in [3.05, 3.63) is 0 Å². The van der Waals surface area contributed by atoms with E-state index in [1.165, 1.54) is 6.42 Å². The minimum atomic E-state index is 0.347. The van der Waals surface area contributed by atoms with Gasteiger partial charge in [0.25, 0.3) is 0 Å². The minimum Gasteiger partial charge on any atom is -0.198 e. The van der Waals surface area contributed by atoms with Crippen LogP contribution in [0.3, 0.4) is 0 Å². The van der Waals surface area contributed by atoms with Crippen LogP contribution in [0.5, 0.6) is 0 Å². The van der Waals surface area contributed by atoms with Gasteiger partial charge in [0.05, 0.1) is 6.07 Å². The van der Waals surface area contributed by atoms with Gasteiger partial charge in [0, 0.05) is 5.92 Å². The molecule has 50 valence electrons. The van der Waals surface area contributed by atoms with E-state index >= 15 is 0 Å². The zero-order valence-corrected chi connectivity index (χ0v) is 6.09. The minimum absolute atomic E-state index is 0.347. The van der Waals surface area contributed by atoms with E-state index in [4.69, 9.17) is 5.26 Å². The standard InChI is InChI=1S/C8H13N/c1-6-3-7(2)8(4-6)5-9/h6-8H,3-4H2,1-2H3/t6-,7?,8?/m0/s1. The summed E-state index contributed by atoms with van der Waals surface area (Å²) in [5.74, 6) is 1.77. The summed E-state index contributed by atoms with van der Waals surface area (Å²) in [6, 6.07) is 2.34. The van der Waals surface area contributed by atoms with Crippen LogP contribution in [0.4, 0.5) is 0 Å². The van der Waals surface area contributed by atoms with Crippen molar-refractivity contribution >= 4 is 0 Å². The molecule has 9 heavy (non-hydrogen) atoms. The number of nitriles is 1. The van der Waals surface area contributed by atoms with Gasteiger partial charge in [0.1, 0.15) is 0 Å². The maximum Gasteiger partial charge on any atom is 0.0658 e. The Morgan fingerprint density at radius 1 is 1.33 bits per heavy atom. The topological polar surface area (TPSA) is 23.8 Å². The van der Waals surface area contributed by atoms with Crippen LogP contribution in [0, 0.1) is 29.1 Å². The second-order valence-electron chi connectivity index (χ2n) is 3.29. The molecule has 1 heteroatoms. The third-order valence-electron chi connectivity index (χ3n) is 2.28. The molecule has 0 bridgehead atoms. The second kappa shape index (κ2) is 2.39. The average molecular weight is 123 g/mol. The van der Waals surface area contributed by atoms with E-state index in [-0.39, 0.29) is 0 Å². The van der Waals surface area contributed by atoms with Crippen LogP contribution in [0.2, 0.25) is 0 Å². The summed E-state index contributed by atoms with van der Waals surface area (Å²) in [6.07, 6.45) is 2.37. The van der Waals surface area contributed by atoms with E-state index in [1.807, 2.05) is 0 Å². The Kier molecular flexibility index (Phi) is 1.75. The predicted molar refractivity (Wildman–Crippen MR) is 36.7 cm³/mol. The first-order valence-electron chi connectivity index (χ1n) is 3.63. The lowest BCUT2D eigenvalue weighted by Crippen LogP contribution is -1.98. The summed E-state index contributed by atoms with van der Waals surface area (Å²) in [5, 5.41) is 8.60. The molecule has 1 fully saturated rings. The first kappa shape index (κ1) is 6.61.